The first-order valence-corrected chi connectivity index (χ1v) is 7.85. The minimum absolute atomic E-state index is 0.0166. The summed E-state index contributed by atoms with van der Waals surface area (Å²) in [6, 6.07) is 13.4. The number of rotatable bonds is 7. The largest absolute Gasteiger partial charge is 0.494 e. The molecule has 2 rings (SSSR count). The Kier molecular flexibility index (Phi) is 6.13. The standard InChI is InChI=1S/C19H18N2O4/c1-3-24-18-10-7-15(19(12-18)25-4-2)11-16(13-20)14-5-8-17(9-6-14)21(22)23/h5-12H,3-4H2,1-2H3/b16-11-. The molecular weight excluding hydrogens is 320 g/mol. The van der Waals surface area contributed by atoms with Crippen LogP contribution in [0.1, 0.15) is 25.0 Å². The topological polar surface area (TPSA) is 85.4 Å². The van der Waals surface area contributed by atoms with Gasteiger partial charge in [0.25, 0.3) is 5.69 Å². The van der Waals surface area contributed by atoms with Gasteiger partial charge in [-0.25, -0.2) is 0 Å². The Labute approximate surface area is 146 Å². The quantitative estimate of drug-likeness (QED) is 0.322. The molecule has 25 heavy (non-hydrogen) atoms. The Morgan fingerprint density at radius 2 is 1.84 bits per heavy atom. The van der Waals surface area contributed by atoms with Gasteiger partial charge in [0.05, 0.1) is 29.8 Å². The van der Waals surface area contributed by atoms with E-state index < -0.39 is 4.92 Å². The third-order valence-corrected chi connectivity index (χ3v) is 3.41. The fourth-order valence-corrected chi connectivity index (χ4v) is 2.27. The summed E-state index contributed by atoms with van der Waals surface area (Å²) in [6.07, 6.45) is 1.70. The van der Waals surface area contributed by atoms with Crippen molar-refractivity contribution < 1.29 is 14.4 Å². The maximum Gasteiger partial charge on any atom is 0.269 e. The van der Waals surface area contributed by atoms with Crippen LogP contribution in [0.25, 0.3) is 11.6 Å². The molecule has 0 saturated heterocycles. The molecule has 0 bridgehead atoms. The van der Waals surface area contributed by atoms with Crippen LogP contribution in [0.3, 0.4) is 0 Å². The van der Waals surface area contributed by atoms with E-state index in [1.54, 1.807) is 24.3 Å². The van der Waals surface area contributed by atoms with Crippen molar-refractivity contribution in [1.82, 2.24) is 0 Å². The smallest absolute Gasteiger partial charge is 0.269 e. The number of non-ortho nitro benzene ring substituents is 1. The van der Waals surface area contributed by atoms with E-state index in [4.69, 9.17) is 9.47 Å². The monoisotopic (exact) mass is 338 g/mol. The summed E-state index contributed by atoms with van der Waals surface area (Å²) in [7, 11) is 0. The highest BCUT2D eigenvalue weighted by Gasteiger charge is 2.09. The summed E-state index contributed by atoms with van der Waals surface area (Å²) in [5.74, 6) is 1.31. The first kappa shape index (κ1) is 18.0. The third kappa shape index (κ3) is 4.58. The predicted octanol–water partition coefficient (Wildman–Crippen LogP) is 4.46. The van der Waals surface area contributed by atoms with Gasteiger partial charge in [0.15, 0.2) is 0 Å². The lowest BCUT2D eigenvalue weighted by Crippen LogP contribution is -1.97. The van der Waals surface area contributed by atoms with Gasteiger partial charge in [-0.05, 0) is 49.8 Å². The molecule has 0 aliphatic heterocycles. The first-order chi connectivity index (χ1) is 12.1. The molecule has 0 atom stereocenters. The zero-order valence-electron chi connectivity index (χ0n) is 14.1. The average molecular weight is 338 g/mol. The number of hydrogen-bond acceptors (Lipinski definition) is 5. The number of ether oxygens (including phenoxy) is 2. The molecule has 0 spiro atoms. The van der Waals surface area contributed by atoms with Crippen molar-refractivity contribution in [3.05, 3.63) is 63.7 Å². The molecular formula is C19H18N2O4. The zero-order chi connectivity index (χ0) is 18.2. The molecule has 2 aromatic rings. The van der Waals surface area contributed by atoms with E-state index in [0.29, 0.717) is 35.8 Å². The summed E-state index contributed by atoms with van der Waals surface area (Å²) in [5.41, 5.74) is 1.71. The van der Waals surface area contributed by atoms with Crippen LogP contribution in [0.4, 0.5) is 5.69 Å². The van der Waals surface area contributed by atoms with Crippen LogP contribution >= 0.6 is 0 Å². The van der Waals surface area contributed by atoms with Gasteiger partial charge >= 0.3 is 0 Å². The summed E-state index contributed by atoms with van der Waals surface area (Å²) in [4.78, 5) is 10.3. The van der Waals surface area contributed by atoms with Gasteiger partial charge < -0.3 is 9.47 Å². The van der Waals surface area contributed by atoms with Crippen molar-refractivity contribution in [3.63, 3.8) is 0 Å². The summed E-state index contributed by atoms with van der Waals surface area (Å²) in [6.45, 7) is 4.81. The lowest BCUT2D eigenvalue weighted by molar-refractivity contribution is -0.384. The Morgan fingerprint density at radius 3 is 2.40 bits per heavy atom. The van der Waals surface area contributed by atoms with Crippen LogP contribution in [0.2, 0.25) is 0 Å². The van der Waals surface area contributed by atoms with Crippen molar-refractivity contribution in [2.75, 3.05) is 13.2 Å². The Balaban J connectivity index is 2.41. The molecule has 0 amide bonds. The van der Waals surface area contributed by atoms with Crippen molar-refractivity contribution >= 4 is 17.3 Å². The molecule has 0 heterocycles. The van der Waals surface area contributed by atoms with Gasteiger partial charge in [0, 0.05) is 23.8 Å². The molecule has 0 unspecified atom stereocenters. The molecule has 0 aliphatic carbocycles. The maximum absolute atomic E-state index is 10.7. The van der Waals surface area contributed by atoms with Crippen LogP contribution < -0.4 is 9.47 Å². The predicted molar refractivity (Wildman–Crippen MR) is 95.4 cm³/mol. The SMILES string of the molecule is CCOc1ccc(/C=C(/C#N)c2ccc([N+](=O)[O-])cc2)c(OCC)c1. The summed E-state index contributed by atoms with van der Waals surface area (Å²) in [5, 5.41) is 20.2. The second-order valence-corrected chi connectivity index (χ2v) is 5.04. The molecule has 128 valence electrons. The molecule has 0 aliphatic rings. The number of allylic oxidation sites excluding steroid dienone is 1. The van der Waals surface area contributed by atoms with Crippen LogP contribution in [0.5, 0.6) is 11.5 Å². The van der Waals surface area contributed by atoms with Crippen molar-refractivity contribution in [2.24, 2.45) is 0 Å². The minimum atomic E-state index is -0.473. The molecule has 0 aromatic heterocycles. The van der Waals surface area contributed by atoms with E-state index in [0.717, 1.165) is 5.56 Å². The highest BCUT2D eigenvalue weighted by atomic mass is 16.6. The summed E-state index contributed by atoms with van der Waals surface area (Å²) >= 11 is 0. The third-order valence-electron chi connectivity index (χ3n) is 3.41. The van der Waals surface area contributed by atoms with E-state index >= 15 is 0 Å². The number of benzene rings is 2. The number of nitriles is 1. The number of nitro groups is 1. The second-order valence-electron chi connectivity index (χ2n) is 5.04. The number of nitro benzene ring substituents is 1. The first-order valence-electron chi connectivity index (χ1n) is 7.85. The van der Waals surface area contributed by atoms with E-state index in [2.05, 4.69) is 6.07 Å². The highest BCUT2D eigenvalue weighted by Crippen LogP contribution is 2.29. The number of hydrogen-bond donors (Lipinski definition) is 0. The van der Waals surface area contributed by atoms with Crippen molar-refractivity contribution in [3.8, 4) is 17.6 Å². The van der Waals surface area contributed by atoms with Crippen molar-refractivity contribution in [1.29, 1.82) is 5.26 Å². The molecule has 6 heteroatoms. The van der Waals surface area contributed by atoms with E-state index in [9.17, 15) is 15.4 Å². The average Bonchev–Trinajstić information content (AvgIpc) is 2.62. The van der Waals surface area contributed by atoms with E-state index in [1.807, 2.05) is 26.0 Å². The van der Waals surface area contributed by atoms with Crippen LogP contribution in [0, 0.1) is 21.4 Å². The van der Waals surface area contributed by atoms with Crippen LogP contribution in [-0.2, 0) is 0 Å². The fourth-order valence-electron chi connectivity index (χ4n) is 2.27. The van der Waals surface area contributed by atoms with Crippen molar-refractivity contribution in [2.45, 2.75) is 13.8 Å². The van der Waals surface area contributed by atoms with Crippen LogP contribution in [0.15, 0.2) is 42.5 Å². The van der Waals surface area contributed by atoms with Gasteiger partial charge in [-0.2, -0.15) is 5.26 Å². The molecule has 0 radical (unpaired) electrons. The molecule has 0 fully saturated rings. The van der Waals surface area contributed by atoms with Gasteiger partial charge in [-0.3, -0.25) is 10.1 Å². The lowest BCUT2D eigenvalue weighted by atomic mass is 10.0. The van der Waals surface area contributed by atoms with E-state index in [-0.39, 0.29) is 5.69 Å². The lowest BCUT2D eigenvalue weighted by Gasteiger charge is -2.11. The zero-order valence-corrected chi connectivity index (χ0v) is 14.1. The summed E-state index contributed by atoms with van der Waals surface area (Å²) < 4.78 is 11.1. The highest BCUT2D eigenvalue weighted by molar-refractivity contribution is 5.90. The Hall–Kier alpha value is -3.33. The molecule has 6 nitrogen and oxygen atoms in total. The Morgan fingerprint density at radius 1 is 1.16 bits per heavy atom. The maximum atomic E-state index is 10.7. The molecule has 0 saturated carbocycles. The minimum Gasteiger partial charge on any atom is -0.494 e. The molecule has 0 N–H and O–H groups in total. The normalized spacial score (nSPS) is 10.8. The van der Waals surface area contributed by atoms with Crippen LogP contribution in [-0.4, -0.2) is 18.1 Å². The number of nitrogens with zero attached hydrogens (tertiary/aromatic N) is 2. The van der Waals surface area contributed by atoms with Gasteiger partial charge in [-0.1, -0.05) is 0 Å². The van der Waals surface area contributed by atoms with E-state index in [1.165, 1.54) is 12.1 Å². The van der Waals surface area contributed by atoms with Gasteiger partial charge in [0.2, 0.25) is 0 Å². The Bertz CT molecular complexity index is 820. The van der Waals surface area contributed by atoms with Gasteiger partial charge in [-0.15, -0.1) is 0 Å². The second kappa shape index (κ2) is 8.50. The molecule has 2 aromatic carbocycles. The fraction of sp³-hybridized carbons (Fsp3) is 0.211. The van der Waals surface area contributed by atoms with Gasteiger partial charge in [0.1, 0.15) is 11.5 Å².